The van der Waals surface area contributed by atoms with Crippen LogP contribution in [0.2, 0.25) is 5.54 Å². The van der Waals surface area contributed by atoms with Gasteiger partial charge in [-0.15, -0.1) is 0 Å². The van der Waals surface area contributed by atoms with Gasteiger partial charge in [-0.1, -0.05) is 6.92 Å². The first-order chi connectivity index (χ1) is 9.88. The lowest BCUT2D eigenvalue weighted by molar-refractivity contribution is -0.135. The molecular weight excluding hydrogens is 296 g/mol. The summed E-state index contributed by atoms with van der Waals surface area (Å²) in [6, 6.07) is 0. The normalized spacial score (nSPS) is 14.0. The van der Waals surface area contributed by atoms with E-state index < -0.39 is 26.3 Å². The lowest BCUT2D eigenvalue weighted by atomic mass is 10.1. The van der Waals surface area contributed by atoms with Gasteiger partial charge in [0.2, 0.25) is 0 Å². The molecule has 0 radical (unpaired) electrons. The summed E-state index contributed by atoms with van der Waals surface area (Å²) in [7, 11) is -3.33. The Balaban J connectivity index is 5.84. The highest BCUT2D eigenvalue weighted by atomic mass is 28.4. The number of rotatable bonds is 11. The van der Waals surface area contributed by atoms with Crippen LogP contribution in [0.4, 0.5) is 0 Å². The Morgan fingerprint density at radius 1 is 1.00 bits per heavy atom. The van der Waals surface area contributed by atoms with Gasteiger partial charge < -0.3 is 23.5 Å². The monoisotopic (exact) mass is 320 g/mol. The smallest absolute Gasteiger partial charge is 0.478 e. The summed E-state index contributed by atoms with van der Waals surface area (Å²) in [6.07, 6.45) is 1.03. The predicted octanol–water partition coefficient (Wildman–Crippen LogP) is 1.91. The number of carboxylic acids is 2. The molecule has 21 heavy (non-hydrogen) atoms. The van der Waals surface area contributed by atoms with E-state index in [9.17, 15) is 14.7 Å². The molecule has 0 saturated heterocycles. The molecule has 7 nitrogen and oxygen atoms in total. The van der Waals surface area contributed by atoms with Gasteiger partial charge in [0, 0.05) is 25.9 Å². The van der Waals surface area contributed by atoms with Crippen molar-refractivity contribution >= 4 is 20.7 Å². The predicted molar refractivity (Wildman–Crippen MR) is 78.0 cm³/mol. The van der Waals surface area contributed by atoms with E-state index in [-0.39, 0.29) is 5.57 Å². The van der Waals surface area contributed by atoms with E-state index in [0.717, 1.165) is 0 Å². The second kappa shape index (κ2) is 9.67. The van der Waals surface area contributed by atoms with Gasteiger partial charge in [0.15, 0.2) is 0 Å². The molecule has 0 heterocycles. The summed E-state index contributed by atoms with van der Waals surface area (Å²) in [5, 5.41) is 18.2. The Morgan fingerprint density at radius 3 is 1.67 bits per heavy atom. The lowest BCUT2D eigenvalue weighted by Crippen LogP contribution is -2.51. The van der Waals surface area contributed by atoms with Crippen LogP contribution >= 0.6 is 0 Å². The van der Waals surface area contributed by atoms with Crippen molar-refractivity contribution in [2.75, 3.05) is 19.8 Å². The summed E-state index contributed by atoms with van der Waals surface area (Å²) in [5.74, 6) is -2.63. The lowest BCUT2D eigenvalue weighted by Gasteiger charge is -2.35. The molecule has 0 fully saturated rings. The van der Waals surface area contributed by atoms with E-state index >= 15 is 0 Å². The first-order valence-electron chi connectivity index (χ1n) is 6.98. The molecule has 8 heteroatoms. The van der Waals surface area contributed by atoms with E-state index in [0.29, 0.717) is 32.3 Å². The second-order valence-electron chi connectivity index (χ2n) is 4.11. The van der Waals surface area contributed by atoms with Crippen molar-refractivity contribution in [2.45, 2.75) is 39.7 Å². The fraction of sp³-hybridized carbons (Fsp3) is 0.692. The minimum atomic E-state index is -3.33. The highest BCUT2D eigenvalue weighted by molar-refractivity contribution is 6.64. The van der Waals surface area contributed by atoms with Crippen molar-refractivity contribution in [1.29, 1.82) is 0 Å². The van der Waals surface area contributed by atoms with Crippen LogP contribution in [0.25, 0.3) is 0 Å². The molecule has 0 amide bonds. The molecule has 0 aliphatic carbocycles. The van der Waals surface area contributed by atoms with Gasteiger partial charge in [-0.3, -0.25) is 0 Å². The van der Waals surface area contributed by atoms with E-state index in [1.54, 1.807) is 27.7 Å². The van der Waals surface area contributed by atoms with Crippen molar-refractivity contribution in [3.8, 4) is 0 Å². The molecule has 0 spiro atoms. The van der Waals surface area contributed by atoms with Crippen LogP contribution in [-0.4, -0.2) is 50.8 Å². The number of aliphatic carboxylic acids is 2. The maximum Gasteiger partial charge on any atom is 0.509 e. The molecule has 1 unspecified atom stereocenters. The van der Waals surface area contributed by atoms with Gasteiger partial charge in [0.1, 0.15) is 0 Å². The van der Waals surface area contributed by atoms with Crippen molar-refractivity contribution in [3.63, 3.8) is 0 Å². The van der Waals surface area contributed by atoms with Crippen LogP contribution in [0.1, 0.15) is 34.1 Å². The third-order valence-corrected chi connectivity index (χ3v) is 6.42. The quantitative estimate of drug-likeness (QED) is 0.443. The molecular formula is C13H24O7Si. The highest BCUT2D eigenvalue weighted by Gasteiger charge is 2.51. The minimum absolute atomic E-state index is 0.257. The molecule has 0 aliphatic heterocycles. The third kappa shape index (κ3) is 5.58. The van der Waals surface area contributed by atoms with E-state index in [4.69, 9.17) is 18.4 Å². The van der Waals surface area contributed by atoms with Gasteiger partial charge in [0.25, 0.3) is 0 Å². The number of carboxylic acid groups (broad SMARTS) is 2. The van der Waals surface area contributed by atoms with Crippen LogP contribution in [-0.2, 0) is 22.9 Å². The molecule has 122 valence electrons. The van der Waals surface area contributed by atoms with Crippen molar-refractivity contribution in [2.24, 2.45) is 0 Å². The third-order valence-electron chi connectivity index (χ3n) is 2.77. The Kier molecular flexibility index (Phi) is 9.10. The summed E-state index contributed by atoms with van der Waals surface area (Å²) in [4.78, 5) is 22.3. The van der Waals surface area contributed by atoms with Gasteiger partial charge in [-0.2, -0.15) is 0 Å². The summed E-state index contributed by atoms with van der Waals surface area (Å²) in [6.45, 7) is 7.91. The van der Waals surface area contributed by atoms with Crippen LogP contribution in [0.15, 0.2) is 11.6 Å². The Morgan fingerprint density at radius 2 is 1.43 bits per heavy atom. The number of hydrogen-bond acceptors (Lipinski definition) is 5. The zero-order chi connectivity index (χ0) is 16.5. The van der Waals surface area contributed by atoms with Crippen molar-refractivity contribution in [3.05, 3.63) is 11.6 Å². The van der Waals surface area contributed by atoms with Crippen LogP contribution < -0.4 is 0 Å². The first-order valence-corrected chi connectivity index (χ1v) is 8.78. The Bertz CT molecular complexity index is 364. The zero-order valence-electron chi connectivity index (χ0n) is 12.9. The Labute approximate surface area is 125 Å². The standard InChI is InChI=1S/C13H24O7Si/c1-5-11(10(13(16)17)9-12(14)15)21(18-6-2,19-7-3)20-8-4/h9,11H,5-8H2,1-4H3,(H,14,15)(H,16,17)/b10-9-. The minimum Gasteiger partial charge on any atom is -0.478 e. The average molecular weight is 320 g/mol. The molecule has 0 aromatic carbocycles. The summed E-state index contributed by atoms with van der Waals surface area (Å²) in [5.41, 5.74) is -0.988. The maximum absolute atomic E-state index is 11.4. The van der Waals surface area contributed by atoms with Crippen LogP contribution in [0, 0.1) is 0 Å². The van der Waals surface area contributed by atoms with Crippen LogP contribution in [0.5, 0.6) is 0 Å². The van der Waals surface area contributed by atoms with Crippen LogP contribution in [0.3, 0.4) is 0 Å². The van der Waals surface area contributed by atoms with Crippen molar-refractivity contribution < 1.29 is 33.1 Å². The highest BCUT2D eigenvalue weighted by Crippen LogP contribution is 2.36. The van der Waals surface area contributed by atoms with E-state index in [2.05, 4.69) is 0 Å². The summed E-state index contributed by atoms with van der Waals surface area (Å²) < 4.78 is 17.0. The largest absolute Gasteiger partial charge is 0.509 e. The Hall–Kier alpha value is -1.22. The molecule has 0 aromatic heterocycles. The number of hydrogen-bond donors (Lipinski definition) is 2. The zero-order valence-corrected chi connectivity index (χ0v) is 13.9. The molecule has 0 aromatic rings. The SMILES string of the molecule is CCO[Si](OCC)(OCC)C(CC)/C(=C/C(=O)O)C(=O)O. The molecule has 0 aliphatic rings. The molecule has 1 atom stereocenters. The van der Waals surface area contributed by atoms with Gasteiger partial charge >= 0.3 is 20.7 Å². The van der Waals surface area contributed by atoms with E-state index in [1.807, 2.05) is 0 Å². The topological polar surface area (TPSA) is 102 Å². The molecule has 0 saturated carbocycles. The molecule has 2 N–H and O–H groups in total. The van der Waals surface area contributed by atoms with Crippen molar-refractivity contribution in [1.82, 2.24) is 0 Å². The fourth-order valence-corrected chi connectivity index (χ4v) is 5.28. The maximum atomic E-state index is 11.4. The molecule has 0 rings (SSSR count). The van der Waals surface area contributed by atoms with E-state index in [1.165, 1.54) is 0 Å². The van der Waals surface area contributed by atoms with Gasteiger partial charge in [-0.25, -0.2) is 9.59 Å². The average Bonchev–Trinajstić information content (AvgIpc) is 2.38. The summed E-state index contributed by atoms with van der Waals surface area (Å²) >= 11 is 0. The first kappa shape index (κ1) is 19.8. The fourth-order valence-electron chi connectivity index (χ4n) is 2.14. The van der Waals surface area contributed by atoms with Gasteiger partial charge in [0.05, 0.1) is 11.1 Å². The molecule has 0 bridgehead atoms. The van der Waals surface area contributed by atoms with Gasteiger partial charge in [-0.05, 0) is 27.2 Å². The number of carbonyl (C=O) groups is 2. The second-order valence-corrected chi connectivity index (χ2v) is 6.88.